The zero-order valence-electron chi connectivity index (χ0n) is 18.0. The van der Waals surface area contributed by atoms with Crippen molar-refractivity contribution in [2.45, 2.75) is 97.4 Å². The molecule has 2 amide bonds. The van der Waals surface area contributed by atoms with Crippen LogP contribution in [0.5, 0.6) is 0 Å². The average Bonchev–Trinajstić information content (AvgIpc) is 2.53. The van der Waals surface area contributed by atoms with Crippen LogP contribution in [0.25, 0.3) is 0 Å². The Balaban J connectivity index is 1.92. The summed E-state index contributed by atoms with van der Waals surface area (Å²) >= 11 is 0. The lowest BCUT2D eigenvalue weighted by Crippen LogP contribution is -2.58. The van der Waals surface area contributed by atoms with Gasteiger partial charge in [-0.25, -0.2) is 4.79 Å². The maximum Gasteiger partial charge on any atom is 0.407 e. The van der Waals surface area contributed by atoms with Gasteiger partial charge in [0.1, 0.15) is 5.60 Å². The third-order valence-corrected chi connectivity index (χ3v) is 5.48. The van der Waals surface area contributed by atoms with E-state index in [4.69, 9.17) is 4.74 Å². The first kappa shape index (κ1) is 22.0. The molecule has 2 fully saturated rings. The van der Waals surface area contributed by atoms with Crippen molar-refractivity contribution >= 4 is 12.0 Å². The third kappa shape index (κ3) is 6.98. The predicted octanol–water partition coefficient (Wildman–Crippen LogP) is 3.30. The van der Waals surface area contributed by atoms with Crippen molar-refractivity contribution in [2.24, 2.45) is 11.8 Å². The normalized spacial score (nSPS) is 30.5. The molecule has 1 aliphatic heterocycles. The standard InChI is InChI=1S/C21H39N3O3/c1-14-11-15(2)13-24(12-14)19(25)16(3)22-17-9-7-8-10-18(17)23-20(26)27-21(4,5)6/h14-18,22H,7-13H2,1-6H3,(H,23,26)/t14-,15+,16-,17+,18+/m0/s1. The Kier molecular flexibility index (Phi) is 7.55. The van der Waals surface area contributed by atoms with Crippen LogP contribution in [-0.4, -0.2) is 53.7 Å². The van der Waals surface area contributed by atoms with Gasteiger partial charge in [0.25, 0.3) is 0 Å². The Morgan fingerprint density at radius 1 is 1.04 bits per heavy atom. The van der Waals surface area contributed by atoms with E-state index in [1.54, 1.807) is 0 Å². The number of likely N-dealkylation sites (tertiary alicyclic amines) is 1. The molecule has 156 valence electrons. The van der Waals surface area contributed by atoms with E-state index in [1.165, 1.54) is 6.42 Å². The van der Waals surface area contributed by atoms with Crippen molar-refractivity contribution in [1.82, 2.24) is 15.5 Å². The molecular weight excluding hydrogens is 342 g/mol. The summed E-state index contributed by atoms with van der Waals surface area (Å²) < 4.78 is 5.41. The van der Waals surface area contributed by atoms with Crippen molar-refractivity contribution in [1.29, 1.82) is 0 Å². The van der Waals surface area contributed by atoms with Gasteiger partial charge in [-0.1, -0.05) is 26.7 Å². The topological polar surface area (TPSA) is 70.7 Å². The van der Waals surface area contributed by atoms with Gasteiger partial charge in [0.15, 0.2) is 0 Å². The van der Waals surface area contributed by atoms with Gasteiger partial charge < -0.3 is 20.3 Å². The van der Waals surface area contributed by atoms with Crippen LogP contribution >= 0.6 is 0 Å². The average molecular weight is 382 g/mol. The predicted molar refractivity (Wildman–Crippen MR) is 108 cm³/mol. The van der Waals surface area contributed by atoms with Gasteiger partial charge >= 0.3 is 6.09 Å². The number of nitrogens with zero attached hydrogens (tertiary/aromatic N) is 1. The van der Waals surface area contributed by atoms with Gasteiger partial charge in [0.2, 0.25) is 5.91 Å². The minimum absolute atomic E-state index is 0.00283. The number of nitrogens with one attached hydrogen (secondary N) is 2. The summed E-state index contributed by atoms with van der Waals surface area (Å²) in [5.74, 6) is 1.29. The molecule has 2 rings (SSSR count). The molecule has 0 aromatic rings. The summed E-state index contributed by atoms with van der Waals surface area (Å²) in [5, 5.41) is 6.52. The zero-order chi connectivity index (χ0) is 20.2. The van der Waals surface area contributed by atoms with Gasteiger partial charge in [-0.05, 0) is 58.8 Å². The number of piperidine rings is 1. The lowest BCUT2D eigenvalue weighted by molar-refractivity contribution is -0.136. The molecule has 0 aromatic heterocycles. The van der Waals surface area contributed by atoms with Crippen LogP contribution in [0.1, 0.15) is 73.6 Å². The fourth-order valence-corrected chi connectivity index (χ4v) is 4.47. The molecule has 27 heavy (non-hydrogen) atoms. The number of alkyl carbamates (subject to hydrolysis) is 1. The number of carbonyl (C=O) groups excluding carboxylic acids is 2. The molecule has 1 aliphatic carbocycles. The van der Waals surface area contributed by atoms with E-state index in [-0.39, 0.29) is 30.1 Å². The summed E-state index contributed by atoms with van der Waals surface area (Å²) in [7, 11) is 0. The number of rotatable bonds is 4. The molecule has 0 bridgehead atoms. The highest BCUT2D eigenvalue weighted by atomic mass is 16.6. The van der Waals surface area contributed by atoms with Crippen LogP contribution < -0.4 is 10.6 Å². The zero-order valence-corrected chi connectivity index (χ0v) is 18.0. The molecule has 6 nitrogen and oxygen atoms in total. The second-order valence-corrected chi connectivity index (χ2v) is 9.72. The van der Waals surface area contributed by atoms with E-state index >= 15 is 0 Å². The molecule has 2 N–H and O–H groups in total. The van der Waals surface area contributed by atoms with Gasteiger partial charge in [0, 0.05) is 25.2 Å². The highest BCUT2D eigenvalue weighted by molar-refractivity contribution is 5.81. The van der Waals surface area contributed by atoms with E-state index in [0.29, 0.717) is 11.8 Å². The summed E-state index contributed by atoms with van der Waals surface area (Å²) in [6.45, 7) is 13.7. The Hall–Kier alpha value is -1.30. The largest absolute Gasteiger partial charge is 0.444 e. The Morgan fingerprint density at radius 2 is 1.59 bits per heavy atom. The quantitative estimate of drug-likeness (QED) is 0.784. The van der Waals surface area contributed by atoms with Crippen LogP contribution in [0.2, 0.25) is 0 Å². The van der Waals surface area contributed by atoms with Crippen molar-refractivity contribution in [3.05, 3.63) is 0 Å². The van der Waals surface area contributed by atoms with Crippen molar-refractivity contribution in [3.8, 4) is 0 Å². The monoisotopic (exact) mass is 381 g/mol. The van der Waals surface area contributed by atoms with Crippen LogP contribution in [0.15, 0.2) is 0 Å². The summed E-state index contributed by atoms with van der Waals surface area (Å²) in [5.41, 5.74) is -0.507. The van der Waals surface area contributed by atoms with Gasteiger partial charge in [-0.15, -0.1) is 0 Å². The highest BCUT2D eigenvalue weighted by Crippen LogP contribution is 2.23. The molecule has 0 aromatic carbocycles. The van der Waals surface area contributed by atoms with Crippen molar-refractivity contribution in [3.63, 3.8) is 0 Å². The summed E-state index contributed by atoms with van der Waals surface area (Å²) in [4.78, 5) is 27.1. The molecule has 2 aliphatic rings. The number of hydrogen-bond donors (Lipinski definition) is 2. The third-order valence-electron chi connectivity index (χ3n) is 5.48. The number of amides is 2. The summed E-state index contributed by atoms with van der Waals surface area (Å²) in [6.07, 6.45) is 4.89. The molecule has 0 unspecified atom stereocenters. The van der Waals surface area contributed by atoms with Crippen LogP contribution in [-0.2, 0) is 9.53 Å². The van der Waals surface area contributed by atoms with Gasteiger partial charge in [-0.3, -0.25) is 4.79 Å². The van der Waals surface area contributed by atoms with E-state index in [1.807, 2.05) is 32.6 Å². The maximum absolute atomic E-state index is 12.9. The summed E-state index contributed by atoms with van der Waals surface area (Å²) in [6, 6.07) is -0.138. The van der Waals surface area contributed by atoms with Gasteiger partial charge in [-0.2, -0.15) is 0 Å². The van der Waals surface area contributed by atoms with Gasteiger partial charge in [0.05, 0.1) is 6.04 Å². The molecule has 0 radical (unpaired) electrons. The van der Waals surface area contributed by atoms with E-state index in [9.17, 15) is 9.59 Å². The molecule has 1 heterocycles. The molecular formula is C21H39N3O3. The fourth-order valence-electron chi connectivity index (χ4n) is 4.47. The van der Waals surface area contributed by atoms with Crippen LogP contribution in [0.4, 0.5) is 4.79 Å². The van der Waals surface area contributed by atoms with E-state index < -0.39 is 5.60 Å². The molecule has 1 saturated carbocycles. The first-order valence-corrected chi connectivity index (χ1v) is 10.6. The van der Waals surface area contributed by atoms with Crippen molar-refractivity contribution < 1.29 is 14.3 Å². The number of carbonyl (C=O) groups is 2. The maximum atomic E-state index is 12.9. The lowest BCUT2D eigenvalue weighted by atomic mass is 9.89. The van der Waals surface area contributed by atoms with E-state index in [2.05, 4.69) is 24.5 Å². The molecule has 0 spiro atoms. The Morgan fingerprint density at radius 3 is 2.15 bits per heavy atom. The van der Waals surface area contributed by atoms with Crippen LogP contribution in [0.3, 0.4) is 0 Å². The highest BCUT2D eigenvalue weighted by Gasteiger charge is 2.33. The molecule has 6 heteroatoms. The molecule has 5 atom stereocenters. The number of ether oxygens (including phenoxy) is 1. The second-order valence-electron chi connectivity index (χ2n) is 9.72. The smallest absolute Gasteiger partial charge is 0.407 e. The van der Waals surface area contributed by atoms with Crippen molar-refractivity contribution in [2.75, 3.05) is 13.1 Å². The minimum atomic E-state index is -0.507. The SMILES string of the molecule is C[C@@H]1C[C@H](C)CN(C(=O)[C@H](C)N[C@@H]2CCCC[C@H]2NC(=O)OC(C)(C)C)C1. The first-order chi connectivity index (χ1) is 12.5. The van der Waals surface area contributed by atoms with Crippen LogP contribution in [0, 0.1) is 11.8 Å². The van der Waals surface area contributed by atoms with E-state index in [0.717, 1.165) is 38.8 Å². The first-order valence-electron chi connectivity index (χ1n) is 10.6. The lowest BCUT2D eigenvalue weighted by Gasteiger charge is -2.39. The second kappa shape index (κ2) is 9.26. The number of hydrogen-bond acceptors (Lipinski definition) is 4. The Bertz CT molecular complexity index is 507. The Labute approximate surface area is 164 Å². The molecule has 1 saturated heterocycles. The fraction of sp³-hybridized carbons (Fsp3) is 0.905. The minimum Gasteiger partial charge on any atom is -0.444 e.